The van der Waals surface area contributed by atoms with Crippen LogP contribution in [0.5, 0.6) is 0 Å². The van der Waals surface area contributed by atoms with Gasteiger partial charge >= 0.3 is 0 Å². The van der Waals surface area contributed by atoms with Gasteiger partial charge in [-0.2, -0.15) is 0 Å². The minimum absolute atomic E-state index is 0.771. The van der Waals surface area contributed by atoms with Crippen molar-refractivity contribution < 1.29 is 0 Å². The van der Waals surface area contributed by atoms with Crippen LogP contribution in [0, 0.1) is 0 Å². The van der Waals surface area contributed by atoms with Crippen LogP contribution in [0.4, 0.5) is 22.7 Å². The van der Waals surface area contributed by atoms with Gasteiger partial charge in [-0.15, -0.1) is 13.2 Å². The average molecular weight is 1030 g/mol. The zero-order valence-corrected chi connectivity index (χ0v) is 46.7. The molecule has 0 radical (unpaired) electrons. The highest BCUT2D eigenvalue weighted by Crippen LogP contribution is 2.50. The van der Waals surface area contributed by atoms with E-state index in [0.717, 1.165) is 39.7 Å². The molecule has 0 bridgehead atoms. The minimum Gasteiger partial charge on any atom is -0.341 e. The standard InChI is InChI=1S/C55H38N4.C11H15N.2C3H6.C2H6/c1-3-57-53-31-27-39(37-24-28-50-45(32-37)43-19-9-11-21-48(43)58(50)41-16-5-4-6-17-41)34-54(53)56(2)52-30-26-40(35-55(52)57)38-25-29-51-46(33-38)44-20-10-12-22-49(44)59(51)47-23-13-15-36-14-7-8-18-42(36)47;1-6-9-11(5)12(8-3)10(4)7-2;2*1-3-2;1-2/h3-35H,1H2,2H3;6-9H,2-5H2,1H3;2*3H,1H2,2H3;1-2H3/b;9-6-;;;. The van der Waals surface area contributed by atoms with Gasteiger partial charge < -0.3 is 23.8 Å². The van der Waals surface area contributed by atoms with Crippen LogP contribution in [-0.2, 0) is 0 Å². The Balaban J connectivity index is 0.000000356. The molecule has 0 saturated carbocycles. The summed E-state index contributed by atoms with van der Waals surface area (Å²) in [4.78, 5) is 6.32. The lowest BCUT2D eigenvalue weighted by Crippen LogP contribution is -2.23. The van der Waals surface area contributed by atoms with E-state index in [0.29, 0.717) is 0 Å². The lowest BCUT2D eigenvalue weighted by Gasteiger charge is -2.37. The van der Waals surface area contributed by atoms with Crippen molar-refractivity contribution in [2.24, 2.45) is 0 Å². The molecule has 12 rings (SSSR count). The number of nitrogens with zero attached hydrogens (tertiary/aromatic N) is 5. The molecule has 0 N–H and O–H groups in total. The quantitative estimate of drug-likeness (QED) is 0.101. The van der Waals surface area contributed by atoms with Crippen molar-refractivity contribution in [2.75, 3.05) is 16.8 Å². The van der Waals surface area contributed by atoms with E-state index in [-0.39, 0.29) is 0 Å². The Bertz CT molecular complexity index is 4070. The van der Waals surface area contributed by atoms with Gasteiger partial charge in [0.25, 0.3) is 0 Å². The second-order valence-electron chi connectivity index (χ2n) is 18.6. The molecule has 3 heterocycles. The van der Waals surface area contributed by atoms with E-state index in [2.05, 4.69) is 266 Å². The van der Waals surface area contributed by atoms with Gasteiger partial charge in [-0.25, -0.2) is 0 Å². The van der Waals surface area contributed by atoms with E-state index in [1.807, 2.05) is 53.0 Å². The first-order valence-electron chi connectivity index (χ1n) is 26.9. The van der Waals surface area contributed by atoms with E-state index in [1.54, 1.807) is 29.3 Å². The Hall–Kier alpha value is -9.84. The number of hydrogen-bond acceptors (Lipinski definition) is 3. The van der Waals surface area contributed by atoms with E-state index >= 15 is 0 Å². The molecule has 9 aromatic carbocycles. The molecule has 0 fully saturated rings. The second kappa shape index (κ2) is 25.3. The molecule has 79 heavy (non-hydrogen) atoms. The van der Waals surface area contributed by atoms with E-state index in [1.165, 1.54) is 82.4 Å². The van der Waals surface area contributed by atoms with Gasteiger partial charge in [-0.05, 0) is 139 Å². The molecule has 2 aromatic heterocycles. The summed E-state index contributed by atoms with van der Waals surface area (Å²) in [7, 11) is 2.17. The summed E-state index contributed by atoms with van der Waals surface area (Å²) in [6, 6.07) is 70.8. The highest BCUT2D eigenvalue weighted by atomic mass is 15.2. The fraction of sp³-hybridized carbons (Fsp3) is 0.0811. The molecule has 0 saturated heterocycles. The van der Waals surface area contributed by atoms with Gasteiger partial charge in [0.15, 0.2) is 0 Å². The Morgan fingerprint density at radius 2 is 0.886 bits per heavy atom. The Morgan fingerprint density at radius 1 is 0.418 bits per heavy atom. The van der Waals surface area contributed by atoms with E-state index < -0.39 is 0 Å². The monoisotopic (exact) mass is 1030 g/mol. The molecule has 11 aromatic rings. The van der Waals surface area contributed by atoms with Crippen molar-refractivity contribution in [2.45, 2.75) is 34.6 Å². The van der Waals surface area contributed by atoms with Crippen molar-refractivity contribution in [3.8, 4) is 33.6 Å². The van der Waals surface area contributed by atoms with Crippen molar-refractivity contribution >= 4 is 77.1 Å². The summed E-state index contributed by atoms with van der Waals surface area (Å²) in [5.41, 5.74) is 18.0. The normalized spacial score (nSPS) is 11.2. The predicted octanol–water partition coefficient (Wildman–Crippen LogP) is 21.4. The van der Waals surface area contributed by atoms with Gasteiger partial charge in [0.1, 0.15) is 0 Å². The highest BCUT2D eigenvalue weighted by Gasteiger charge is 2.27. The lowest BCUT2D eigenvalue weighted by molar-refractivity contribution is 0.621. The lowest BCUT2D eigenvalue weighted by atomic mass is 9.97. The number of benzene rings is 9. The second-order valence-corrected chi connectivity index (χ2v) is 18.6. The van der Waals surface area contributed by atoms with Crippen LogP contribution in [-0.4, -0.2) is 21.1 Å². The summed E-state index contributed by atoms with van der Waals surface area (Å²) in [5, 5.41) is 7.46. The van der Waals surface area contributed by atoms with Gasteiger partial charge in [0.05, 0.1) is 50.5 Å². The Kier molecular flexibility index (Phi) is 17.8. The van der Waals surface area contributed by atoms with Crippen molar-refractivity contribution in [3.63, 3.8) is 0 Å². The molecule has 0 atom stereocenters. The van der Waals surface area contributed by atoms with Crippen LogP contribution in [0.1, 0.15) is 34.6 Å². The SMILES string of the molecule is C=CC.C=CC.C=CC(=C)N(C=C)C(=C)/C=C\C.C=CN1c2ccc(-c3ccc4c(c3)c3ccccc3n4-c3ccccc3)cc2N(C)c2ccc(-c3ccc4c(c3)c3ccccc3n4-c3cccc4ccccc34)cc21.CC. The van der Waals surface area contributed by atoms with Crippen molar-refractivity contribution in [3.05, 3.63) is 294 Å². The number of aromatic nitrogens is 2. The predicted molar refractivity (Wildman–Crippen MR) is 349 cm³/mol. The van der Waals surface area contributed by atoms with Crippen molar-refractivity contribution in [1.29, 1.82) is 0 Å². The fourth-order valence-corrected chi connectivity index (χ4v) is 10.4. The van der Waals surface area contributed by atoms with Gasteiger partial charge in [0, 0.05) is 63.5 Å². The Morgan fingerprint density at radius 3 is 1.46 bits per heavy atom. The first kappa shape index (κ1) is 55.4. The number of para-hydroxylation sites is 3. The molecule has 1 aliphatic rings. The number of fused-ring (bicyclic) bond motifs is 9. The van der Waals surface area contributed by atoms with Gasteiger partial charge in [0.2, 0.25) is 0 Å². The largest absolute Gasteiger partial charge is 0.341 e. The Labute approximate surface area is 468 Å². The summed E-state index contributed by atoms with van der Waals surface area (Å²) in [5.74, 6) is 0. The minimum atomic E-state index is 0.771. The van der Waals surface area contributed by atoms with Crippen LogP contribution in [0.2, 0.25) is 0 Å². The smallest absolute Gasteiger partial charge is 0.0699 e. The molecule has 0 unspecified atom stereocenters. The third kappa shape index (κ3) is 10.8. The molecule has 0 spiro atoms. The molecule has 1 aliphatic heterocycles. The first-order chi connectivity index (χ1) is 38.6. The number of allylic oxidation sites excluding steroid dienone is 5. The summed E-state index contributed by atoms with van der Waals surface area (Å²) < 4.78 is 4.79. The van der Waals surface area contributed by atoms with Crippen LogP contribution >= 0.6 is 0 Å². The summed E-state index contributed by atoms with van der Waals surface area (Å²) in [6.07, 6.45) is 12.6. The van der Waals surface area contributed by atoms with Crippen LogP contribution in [0.3, 0.4) is 0 Å². The fourth-order valence-electron chi connectivity index (χ4n) is 10.4. The van der Waals surface area contributed by atoms with Crippen LogP contribution < -0.4 is 9.80 Å². The maximum Gasteiger partial charge on any atom is 0.0699 e. The molecule has 5 heteroatoms. The topological polar surface area (TPSA) is 19.6 Å². The van der Waals surface area contributed by atoms with Gasteiger partial charge in [-0.3, -0.25) is 0 Å². The molecule has 0 aliphatic carbocycles. The highest BCUT2D eigenvalue weighted by molar-refractivity contribution is 6.13. The maximum absolute atomic E-state index is 4.31. The van der Waals surface area contributed by atoms with Crippen LogP contribution in [0.15, 0.2) is 294 Å². The summed E-state index contributed by atoms with van der Waals surface area (Å²) >= 11 is 0. The van der Waals surface area contributed by atoms with E-state index in [9.17, 15) is 0 Å². The van der Waals surface area contributed by atoms with E-state index in [4.69, 9.17) is 0 Å². The van der Waals surface area contributed by atoms with Gasteiger partial charge in [-0.1, -0.05) is 180 Å². The van der Waals surface area contributed by atoms with Crippen LogP contribution in [0.25, 0.3) is 88.0 Å². The number of rotatable bonds is 10. The zero-order chi connectivity index (χ0) is 56.2. The third-order valence-electron chi connectivity index (χ3n) is 13.8. The molecule has 5 nitrogen and oxygen atoms in total. The maximum atomic E-state index is 4.31. The summed E-state index contributed by atoms with van der Waals surface area (Å²) in [6.45, 7) is 35.7. The number of hydrogen-bond donors (Lipinski definition) is 0. The number of anilines is 4. The van der Waals surface area contributed by atoms with Crippen molar-refractivity contribution in [1.82, 2.24) is 14.0 Å². The molecular formula is C74H71N5. The molecule has 392 valence electrons. The molecule has 0 amide bonds. The zero-order valence-electron chi connectivity index (χ0n) is 46.7. The first-order valence-corrected chi connectivity index (χ1v) is 26.9. The molecular weight excluding hydrogens is 959 g/mol. The average Bonchev–Trinajstić information content (AvgIpc) is 4.16. The third-order valence-corrected chi connectivity index (χ3v) is 13.8.